The number of hydrogen-bond acceptors (Lipinski definition) is 5. The Bertz CT molecular complexity index is 842. The Morgan fingerprint density at radius 1 is 1.18 bits per heavy atom. The summed E-state index contributed by atoms with van der Waals surface area (Å²) in [5, 5.41) is 6.85. The van der Waals surface area contributed by atoms with Crippen molar-refractivity contribution >= 4 is 22.3 Å². The van der Waals surface area contributed by atoms with Crippen LogP contribution in [0, 0.1) is 18.3 Å². The largest absolute Gasteiger partial charge is 0.444 e. The molecule has 0 heterocycles. The van der Waals surface area contributed by atoms with Gasteiger partial charge in [-0.2, -0.15) is 13.5 Å². The second kappa shape index (κ2) is 7.39. The number of hydrogen-bond donors (Lipinski definition) is 2. The minimum atomic E-state index is -3.62. The van der Waals surface area contributed by atoms with E-state index < -0.39 is 15.6 Å². The summed E-state index contributed by atoms with van der Waals surface area (Å²) in [6, 6.07) is 6.81. The van der Waals surface area contributed by atoms with E-state index in [9.17, 15) is 13.2 Å². The first-order valence-corrected chi connectivity index (χ1v) is 11.1. The van der Waals surface area contributed by atoms with E-state index in [1.165, 1.54) is 0 Å². The molecular formula is C20H29N3O4S. The van der Waals surface area contributed by atoms with Crippen molar-refractivity contribution in [2.24, 2.45) is 16.4 Å². The van der Waals surface area contributed by atoms with Crippen LogP contribution in [0.3, 0.4) is 0 Å². The Morgan fingerprint density at radius 3 is 2.36 bits per heavy atom. The summed E-state index contributed by atoms with van der Waals surface area (Å²) in [7, 11) is -3.62. The summed E-state index contributed by atoms with van der Waals surface area (Å²) in [4.78, 5) is 14.3. The fourth-order valence-corrected chi connectivity index (χ4v) is 4.83. The molecular weight excluding hydrogens is 378 g/mol. The second-order valence-corrected chi connectivity index (χ2v) is 10.8. The zero-order valence-corrected chi connectivity index (χ0v) is 17.7. The van der Waals surface area contributed by atoms with Crippen LogP contribution in [0.15, 0.2) is 34.3 Å². The lowest BCUT2D eigenvalue weighted by Gasteiger charge is -2.57. The fraction of sp³-hybridized carbons (Fsp3) is 0.600. The first-order valence-electron chi connectivity index (χ1n) is 9.58. The van der Waals surface area contributed by atoms with Gasteiger partial charge >= 0.3 is 6.09 Å². The highest BCUT2D eigenvalue weighted by Crippen LogP contribution is 2.58. The Morgan fingerprint density at radius 2 is 1.79 bits per heavy atom. The molecule has 2 saturated carbocycles. The van der Waals surface area contributed by atoms with E-state index in [0.717, 1.165) is 31.2 Å². The third kappa shape index (κ3) is 5.04. The van der Waals surface area contributed by atoms with Gasteiger partial charge in [-0.3, -0.25) is 0 Å². The maximum absolute atomic E-state index is 12.2. The lowest BCUT2D eigenvalue weighted by atomic mass is 9.50. The predicted octanol–water partition coefficient (Wildman–Crippen LogP) is 3.34. The lowest BCUT2D eigenvalue weighted by Crippen LogP contribution is -2.57. The first kappa shape index (κ1) is 20.6. The summed E-state index contributed by atoms with van der Waals surface area (Å²) in [5.41, 5.74) is 0.768. The van der Waals surface area contributed by atoms with Crippen molar-refractivity contribution in [3.8, 4) is 0 Å². The van der Waals surface area contributed by atoms with Gasteiger partial charge in [0.1, 0.15) is 5.60 Å². The zero-order chi connectivity index (χ0) is 20.6. The summed E-state index contributed by atoms with van der Waals surface area (Å²) < 4.78 is 29.7. The van der Waals surface area contributed by atoms with Crippen LogP contribution in [0.4, 0.5) is 4.79 Å². The second-order valence-electron chi connectivity index (χ2n) is 9.11. The molecule has 0 radical (unpaired) electrons. The Hall–Kier alpha value is -2.09. The molecule has 1 amide bonds. The molecule has 1 aromatic carbocycles. The third-order valence-corrected chi connectivity index (χ3v) is 6.50. The van der Waals surface area contributed by atoms with Gasteiger partial charge in [0.2, 0.25) is 0 Å². The Kier molecular flexibility index (Phi) is 5.44. The zero-order valence-electron chi connectivity index (χ0n) is 16.9. The average molecular weight is 408 g/mol. The smallest absolute Gasteiger partial charge is 0.407 e. The number of amides is 1. The van der Waals surface area contributed by atoms with Gasteiger partial charge in [-0.25, -0.2) is 9.63 Å². The molecule has 0 bridgehead atoms. The predicted molar refractivity (Wildman–Crippen MR) is 108 cm³/mol. The van der Waals surface area contributed by atoms with Crippen molar-refractivity contribution in [1.82, 2.24) is 10.1 Å². The SMILES string of the molecule is Cc1ccc(S(=O)(=O)NN=CC2CC3(C2)CC(NC(=O)OC(C)(C)C)C3)cc1. The van der Waals surface area contributed by atoms with Crippen LogP contribution < -0.4 is 10.1 Å². The number of sulfonamides is 1. The van der Waals surface area contributed by atoms with E-state index in [4.69, 9.17) is 4.74 Å². The van der Waals surface area contributed by atoms with Gasteiger partial charge in [-0.1, -0.05) is 17.7 Å². The molecule has 28 heavy (non-hydrogen) atoms. The van der Waals surface area contributed by atoms with Crippen molar-refractivity contribution in [1.29, 1.82) is 0 Å². The maximum atomic E-state index is 12.2. The van der Waals surface area contributed by atoms with E-state index in [2.05, 4.69) is 15.2 Å². The molecule has 3 rings (SSSR count). The first-order chi connectivity index (χ1) is 13.0. The molecule has 0 aliphatic heterocycles. The molecule has 0 unspecified atom stereocenters. The van der Waals surface area contributed by atoms with Gasteiger partial charge in [0.25, 0.3) is 10.0 Å². The molecule has 2 fully saturated rings. The minimum Gasteiger partial charge on any atom is -0.444 e. The van der Waals surface area contributed by atoms with Gasteiger partial charge < -0.3 is 10.1 Å². The van der Waals surface area contributed by atoms with Crippen LogP contribution in [-0.2, 0) is 14.8 Å². The molecule has 2 aliphatic rings. The van der Waals surface area contributed by atoms with Crippen LogP contribution in [0.25, 0.3) is 0 Å². The fourth-order valence-electron chi connectivity index (χ4n) is 4.03. The number of hydrazone groups is 1. The molecule has 7 nitrogen and oxygen atoms in total. The molecule has 154 valence electrons. The van der Waals surface area contributed by atoms with E-state index in [-0.39, 0.29) is 28.4 Å². The van der Waals surface area contributed by atoms with Crippen molar-refractivity contribution in [3.63, 3.8) is 0 Å². The highest BCUT2D eigenvalue weighted by atomic mass is 32.2. The maximum Gasteiger partial charge on any atom is 0.407 e. The third-order valence-electron chi connectivity index (χ3n) is 5.26. The van der Waals surface area contributed by atoms with E-state index in [1.807, 2.05) is 27.7 Å². The summed E-state index contributed by atoms with van der Waals surface area (Å²) in [6.45, 7) is 7.44. The van der Waals surface area contributed by atoms with Crippen LogP contribution in [0.5, 0.6) is 0 Å². The molecule has 2 aliphatic carbocycles. The number of aryl methyl sites for hydroxylation is 1. The Labute approximate surface area is 167 Å². The van der Waals surface area contributed by atoms with Gasteiger partial charge in [-0.15, -0.1) is 0 Å². The number of alkyl carbamates (subject to hydrolysis) is 1. The Balaban J connectivity index is 1.39. The summed E-state index contributed by atoms with van der Waals surface area (Å²) >= 11 is 0. The summed E-state index contributed by atoms with van der Waals surface area (Å²) in [6.07, 6.45) is 5.13. The van der Waals surface area contributed by atoms with Gasteiger partial charge in [0.05, 0.1) is 4.90 Å². The molecule has 8 heteroatoms. The highest BCUT2D eigenvalue weighted by molar-refractivity contribution is 7.89. The standard InChI is InChI=1S/C20H29N3O4S/c1-14-5-7-17(8-6-14)28(25,26)23-21-13-15-9-20(10-15)11-16(12-20)22-18(24)27-19(2,3)4/h5-8,13,15-16,23H,9-12H2,1-4H3,(H,22,24). The van der Waals surface area contributed by atoms with Crippen molar-refractivity contribution in [2.75, 3.05) is 0 Å². The topological polar surface area (TPSA) is 96.9 Å². The monoisotopic (exact) mass is 407 g/mol. The number of nitrogens with zero attached hydrogens (tertiary/aromatic N) is 1. The highest BCUT2D eigenvalue weighted by Gasteiger charge is 2.52. The van der Waals surface area contributed by atoms with E-state index in [1.54, 1.807) is 30.5 Å². The molecule has 0 atom stereocenters. The summed E-state index contributed by atoms with van der Waals surface area (Å²) in [5.74, 6) is 0.267. The van der Waals surface area contributed by atoms with Crippen molar-refractivity contribution < 1.29 is 17.9 Å². The number of ether oxygens (including phenoxy) is 1. The van der Waals surface area contributed by atoms with Gasteiger partial charge in [-0.05, 0) is 76.8 Å². The molecule has 0 aromatic heterocycles. The molecule has 0 saturated heterocycles. The quantitative estimate of drug-likeness (QED) is 0.578. The number of nitrogens with one attached hydrogen (secondary N) is 2. The van der Waals surface area contributed by atoms with Gasteiger partial charge in [0, 0.05) is 12.3 Å². The molecule has 1 spiro atoms. The van der Waals surface area contributed by atoms with Crippen LogP contribution in [0.1, 0.15) is 52.0 Å². The number of carbonyl (C=O) groups is 1. The lowest BCUT2D eigenvalue weighted by molar-refractivity contribution is -0.0281. The van der Waals surface area contributed by atoms with Crippen molar-refractivity contribution in [3.05, 3.63) is 29.8 Å². The normalized spacial score (nSPS) is 27.1. The number of rotatable bonds is 5. The minimum absolute atomic E-state index is 0.160. The molecule has 2 N–H and O–H groups in total. The molecule has 1 aromatic rings. The van der Waals surface area contributed by atoms with Crippen LogP contribution in [0.2, 0.25) is 0 Å². The van der Waals surface area contributed by atoms with E-state index >= 15 is 0 Å². The van der Waals surface area contributed by atoms with Crippen LogP contribution in [-0.4, -0.2) is 32.4 Å². The van der Waals surface area contributed by atoms with Crippen molar-refractivity contribution in [2.45, 2.75) is 69.9 Å². The number of benzene rings is 1. The average Bonchev–Trinajstić information content (AvgIpc) is 2.48. The van der Waals surface area contributed by atoms with Gasteiger partial charge in [0.15, 0.2) is 0 Å². The number of carbonyl (C=O) groups excluding carboxylic acids is 1. The van der Waals surface area contributed by atoms with Crippen LogP contribution >= 0.6 is 0 Å². The van der Waals surface area contributed by atoms with E-state index in [0.29, 0.717) is 0 Å².